The van der Waals surface area contributed by atoms with Crippen molar-refractivity contribution in [3.05, 3.63) is 22.0 Å². The van der Waals surface area contributed by atoms with Crippen LogP contribution in [0.5, 0.6) is 0 Å². The van der Waals surface area contributed by atoms with Gasteiger partial charge in [0.2, 0.25) is 5.91 Å². The van der Waals surface area contributed by atoms with Crippen LogP contribution in [0.15, 0.2) is 18.3 Å². The molecular formula is C11H12IN3O. The lowest BCUT2D eigenvalue weighted by Gasteiger charge is -2.17. The monoisotopic (exact) mass is 329 g/mol. The normalized spacial score (nSPS) is 28.6. The third kappa shape index (κ3) is 1.62. The van der Waals surface area contributed by atoms with E-state index in [-0.39, 0.29) is 11.9 Å². The fourth-order valence-electron chi connectivity index (χ4n) is 2.50. The highest BCUT2D eigenvalue weighted by molar-refractivity contribution is 14.1. The second kappa shape index (κ2) is 3.96. The molecule has 2 fully saturated rings. The molecule has 0 aliphatic carbocycles. The van der Waals surface area contributed by atoms with E-state index >= 15 is 0 Å². The molecule has 3 heterocycles. The van der Waals surface area contributed by atoms with E-state index in [4.69, 9.17) is 0 Å². The zero-order valence-corrected chi connectivity index (χ0v) is 10.8. The molecule has 4 nitrogen and oxygen atoms in total. The molecule has 2 atom stereocenters. The highest BCUT2D eigenvalue weighted by atomic mass is 127. The van der Waals surface area contributed by atoms with Crippen LogP contribution < -0.4 is 10.2 Å². The van der Waals surface area contributed by atoms with Crippen LogP contribution in [0.2, 0.25) is 0 Å². The minimum atomic E-state index is 0.0410. The Kier molecular flexibility index (Phi) is 2.59. The van der Waals surface area contributed by atoms with Crippen LogP contribution in [-0.2, 0) is 4.79 Å². The van der Waals surface area contributed by atoms with Gasteiger partial charge in [0.1, 0.15) is 3.70 Å². The van der Waals surface area contributed by atoms with Crippen LogP contribution in [-0.4, -0.2) is 30.0 Å². The van der Waals surface area contributed by atoms with E-state index in [1.54, 1.807) is 6.20 Å². The van der Waals surface area contributed by atoms with Gasteiger partial charge < -0.3 is 10.2 Å². The zero-order valence-electron chi connectivity index (χ0n) is 8.69. The van der Waals surface area contributed by atoms with Gasteiger partial charge in [0.05, 0.1) is 17.9 Å². The number of nitrogens with zero attached hydrogens (tertiary/aromatic N) is 2. The van der Waals surface area contributed by atoms with Gasteiger partial charge in [-0.3, -0.25) is 4.79 Å². The van der Waals surface area contributed by atoms with Crippen molar-refractivity contribution in [1.82, 2.24) is 10.3 Å². The Morgan fingerprint density at radius 1 is 1.50 bits per heavy atom. The van der Waals surface area contributed by atoms with E-state index in [2.05, 4.69) is 32.9 Å². The number of nitrogens with one attached hydrogen (secondary N) is 1. The Morgan fingerprint density at radius 2 is 2.38 bits per heavy atom. The summed E-state index contributed by atoms with van der Waals surface area (Å²) in [4.78, 5) is 18.2. The third-order valence-electron chi connectivity index (χ3n) is 3.32. The van der Waals surface area contributed by atoms with Crippen molar-refractivity contribution in [3.63, 3.8) is 0 Å². The largest absolute Gasteiger partial charge is 0.309 e. The standard InChI is InChI=1S/C11H12IN3O/c12-9-2-1-8(5-14-9)15-6-7-3-4-13-10(7)11(15)16/h1-2,5,7,10,13H,3-4,6H2/t7-,10-/m1/s1. The molecule has 0 saturated carbocycles. The highest BCUT2D eigenvalue weighted by Gasteiger charge is 2.43. The van der Waals surface area contributed by atoms with E-state index in [0.29, 0.717) is 5.92 Å². The predicted molar refractivity (Wildman–Crippen MR) is 69.2 cm³/mol. The Balaban J connectivity index is 1.86. The maximum absolute atomic E-state index is 12.1. The molecule has 2 aliphatic heterocycles. The molecule has 84 valence electrons. The highest BCUT2D eigenvalue weighted by Crippen LogP contribution is 2.29. The van der Waals surface area contributed by atoms with Gasteiger partial charge >= 0.3 is 0 Å². The quantitative estimate of drug-likeness (QED) is 0.618. The molecule has 0 radical (unpaired) electrons. The van der Waals surface area contributed by atoms with E-state index < -0.39 is 0 Å². The SMILES string of the molecule is O=C1[C@@H]2NCC[C@@H]2CN1c1ccc(I)nc1. The first-order chi connectivity index (χ1) is 7.75. The summed E-state index contributed by atoms with van der Waals surface area (Å²) >= 11 is 2.16. The fourth-order valence-corrected chi connectivity index (χ4v) is 2.81. The van der Waals surface area contributed by atoms with Crippen LogP contribution in [0.3, 0.4) is 0 Å². The Hall–Kier alpha value is -0.690. The number of anilines is 1. The minimum absolute atomic E-state index is 0.0410. The molecule has 3 rings (SSSR count). The predicted octanol–water partition coefficient (Wildman–Crippen LogP) is 1.01. The number of aromatic nitrogens is 1. The van der Waals surface area contributed by atoms with Crippen LogP contribution in [0, 0.1) is 9.62 Å². The van der Waals surface area contributed by atoms with Gasteiger partial charge in [-0.15, -0.1) is 0 Å². The molecule has 0 spiro atoms. The van der Waals surface area contributed by atoms with Gasteiger partial charge in [0.25, 0.3) is 0 Å². The molecule has 2 saturated heterocycles. The number of pyridine rings is 1. The number of hydrogen-bond donors (Lipinski definition) is 1. The summed E-state index contributed by atoms with van der Waals surface area (Å²) in [6.45, 7) is 1.80. The summed E-state index contributed by atoms with van der Waals surface area (Å²) in [5.41, 5.74) is 0.918. The van der Waals surface area contributed by atoms with Crippen molar-refractivity contribution in [3.8, 4) is 0 Å². The van der Waals surface area contributed by atoms with E-state index in [1.165, 1.54) is 0 Å². The van der Waals surface area contributed by atoms with Crippen molar-refractivity contribution >= 4 is 34.2 Å². The Bertz CT molecular complexity index is 420. The molecule has 0 aromatic carbocycles. The Morgan fingerprint density at radius 3 is 3.06 bits per heavy atom. The molecule has 16 heavy (non-hydrogen) atoms. The van der Waals surface area contributed by atoms with Gasteiger partial charge in [-0.2, -0.15) is 0 Å². The molecule has 5 heteroatoms. The van der Waals surface area contributed by atoms with Gasteiger partial charge in [-0.1, -0.05) is 0 Å². The molecule has 1 amide bonds. The van der Waals surface area contributed by atoms with E-state index in [1.807, 2.05) is 17.0 Å². The number of hydrogen-bond acceptors (Lipinski definition) is 3. The lowest BCUT2D eigenvalue weighted by atomic mass is 10.1. The van der Waals surface area contributed by atoms with Crippen LogP contribution in [0.25, 0.3) is 0 Å². The number of carbonyl (C=O) groups is 1. The first-order valence-electron chi connectivity index (χ1n) is 5.42. The molecule has 0 unspecified atom stereocenters. The van der Waals surface area contributed by atoms with Crippen molar-refractivity contribution in [2.75, 3.05) is 18.0 Å². The van der Waals surface area contributed by atoms with Crippen LogP contribution in [0.1, 0.15) is 6.42 Å². The maximum Gasteiger partial charge on any atom is 0.244 e. The van der Waals surface area contributed by atoms with Gasteiger partial charge in [0.15, 0.2) is 0 Å². The Labute approximate surface area is 108 Å². The summed E-state index contributed by atoms with van der Waals surface area (Å²) in [7, 11) is 0. The van der Waals surface area contributed by atoms with Crippen LogP contribution >= 0.6 is 22.6 Å². The molecular weight excluding hydrogens is 317 g/mol. The summed E-state index contributed by atoms with van der Waals surface area (Å²) in [6.07, 6.45) is 2.88. The summed E-state index contributed by atoms with van der Waals surface area (Å²) in [5, 5.41) is 3.27. The van der Waals surface area contributed by atoms with Crippen molar-refractivity contribution < 1.29 is 4.79 Å². The molecule has 1 N–H and O–H groups in total. The number of amides is 1. The zero-order chi connectivity index (χ0) is 11.1. The van der Waals surface area contributed by atoms with Gasteiger partial charge in [-0.05, 0) is 47.7 Å². The molecule has 0 bridgehead atoms. The average Bonchev–Trinajstić information content (AvgIpc) is 2.84. The second-order valence-corrected chi connectivity index (χ2v) is 5.37. The van der Waals surface area contributed by atoms with Crippen molar-refractivity contribution in [2.24, 2.45) is 5.92 Å². The second-order valence-electron chi connectivity index (χ2n) is 4.27. The topological polar surface area (TPSA) is 45.2 Å². The minimum Gasteiger partial charge on any atom is -0.309 e. The van der Waals surface area contributed by atoms with Gasteiger partial charge in [-0.25, -0.2) is 4.98 Å². The molecule has 1 aromatic heterocycles. The average molecular weight is 329 g/mol. The first kappa shape index (κ1) is 10.5. The smallest absolute Gasteiger partial charge is 0.244 e. The maximum atomic E-state index is 12.1. The number of fused-ring (bicyclic) bond motifs is 1. The summed E-state index contributed by atoms with van der Waals surface area (Å²) in [5.74, 6) is 0.678. The van der Waals surface area contributed by atoms with Gasteiger partial charge in [0, 0.05) is 12.5 Å². The van der Waals surface area contributed by atoms with Crippen LogP contribution in [0.4, 0.5) is 5.69 Å². The molecule has 1 aromatic rings. The number of halogens is 1. The van der Waals surface area contributed by atoms with E-state index in [9.17, 15) is 4.79 Å². The molecule has 2 aliphatic rings. The number of carbonyl (C=O) groups excluding carboxylic acids is 1. The van der Waals surface area contributed by atoms with Crippen molar-refractivity contribution in [1.29, 1.82) is 0 Å². The third-order valence-corrected chi connectivity index (χ3v) is 3.96. The fraction of sp³-hybridized carbons (Fsp3) is 0.455. The van der Waals surface area contributed by atoms with E-state index in [0.717, 1.165) is 28.9 Å². The lowest BCUT2D eigenvalue weighted by Crippen LogP contribution is -2.36. The number of rotatable bonds is 1. The summed E-state index contributed by atoms with van der Waals surface area (Å²) in [6, 6.07) is 3.94. The lowest BCUT2D eigenvalue weighted by molar-refractivity contribution is -0.118. The van der Waals surface area contributed by atoms with Crippen molar-refractivity contribution in [2.45, 2.75) is 12.5 Å². The first-order valence-corrected chi connectivity index (χ1v) is 6.50. The summed E-state index contributed by atoms with van der Waals surface area (Å²) < 4.78 is 0.950.